The molecule has 2 aromatic heterocycles. The van der Waals surface area contributed by atoms with Crippen molar-refractivity contribution >= 4 is 34.3 Å². The summed E-state index contributed by atoms with van der Waals surface area (Å²) in [5, 5.41) is 4.62. The van der Waals surface area contributed by atoms with Crippen molar-refractivity contribution in [1.82, 2.24) is 19.4 Å². The van der Waals surface area contributed by atoms with E-state index in [0.29, 0.717) is 34.3 Å². The van der Waals surface area contributed by atoms with E-state index >= 15 is 0 Å². The Labute approximate surface area is 245 Å². The SMILES string of the molecule is CCn1c(=O)c(-c2ccc(-c3ccccc3C)cc2Cl)cc2cnc(Nc3ccc(CCN4CCCC4)cc3)nc21. The summed E-state index contributed by atoms with van der Waals surface area (Å²) in [6.45, 7) is 8.05. The van der Waals surface area contributed by atoms with Gasteiger partial charge in [-0.1, -0.05) is 60.1 Å². The molecule has 6 nitrogen and oxygen atoms in total. The molecule has 1 aliphatic heterocycles. The number of aromatic nitrogens is 3. The van der Waals surface area contributed by atoms with Crippen LogP contribution in [0.25, 0.3) is 33.3 Å². The second-order valence-corrected chi connectivity index (χ2v) is 11.1. The van der Waals surface area contributed by atoms with Gasteiger partial charge in [-0.25, -0.2) is 4.98 Å². The van der Waals surface area contributed by atoms with Gasteiger partial charge in [0.15, 0.2) is 0 Å². The summed E-state index contributed by atoms with van der Waals surface area (Å²) >= 11 is 6.77. The summed E-state index contributed by atoms with van der Waals surface area (Å²) in [5.41, 5.74) is 7.25. The Morgan fingerprint density at radius 1 is 0.927 bits per heavy atom. The van der Waals surface area contributed by atoms with Crippen LogP contribution in [0.2, 0.25) is 5.02 Å². The van der Waals surface area contributed by atoms with Crippen LogP contribution in [0, 0.1) is 6.92 Å². The first-order valence-corrected chi connectivity index (χ1v) is 14.7. The molecular weight excluding hydrogens is 530 g/mol. The average Bonchev–Trinajstić information content (AvgIpc) is 3.51. The van der Waals surface area contributed by atoms with E-state index in [1.807, 2.05) is 43.3 Å². The Bertz CT molecular complexity index is 1760. The minimum Gasteiger partial charge on any atom is -0.324 e. The predicted molar refractivity (Wildman–Crippen MR) is 169 cm³/mol. The highest BCUT2D eigenvalue weighted by Gasteiger charge is 2.16. The fraction of sp³-hybridized carbons (Fsp3) is 0.265. The predicted octanol–water partition coefficient (Wildman–Crippen LogP) is 7.49. The highest BCUT2D eigenvalue weighted by atomic mass is 35.5. The number of benzene rings is 3. The monoisotopic (exact) mass is 563 g/mol. The normalized spacial score (nSPS) is 13.6. The Hall–Kier alpha value is -4.00. The van der Waals surface area contributed by atoms with E-state index in [2.05, 4.69) is 58.5 Å². The molecule has 0 spiro atoms. The molecule has 1 fully saturated rings. The lowest BCUT2D eigenvalue weighted by Gasteiger charge is -2.15. The van der Waals surface area contributed by atoms with Crippen molar-refractivity contribution in [1.29, 1.82) is 0 Å². The third-order valence-corrected chi connectivity index (χ3v) is 8.30. The molecule has 1 N–H and O–H groups in total. The first-order valence-electron chi connectivity index (χ1n) is 14.3. The number of anilines is 2. The van der Waals surface area contributed by atoms with Gasteiger partial charge in [0.05, 0.1) is 0 Å². The quantitative estimate of drug-likeness (QED) is 0.212. The molecule has 3 aromatic carbocycles. The molecule has 0 saturated carbocycles. The fourth-order valence-electron chi connectivity index (χ4n) is 5.68. The lowest BCUT2D eigenvalue weighted by atomic mass is 9.97. The minimum absolute atomic E-state index is 0.127. The van der Waals surface area contributed by atoms with Crippen molar-refractivity contribution in [3.05, 3.63) is 105 Å². The van der Waals surface area contributed by atoms with Crippen molar-refractivity contribution in [3.63, 3.8) is 0 Å². The third-order valence-electron chi connectivity index (χ3n) is 7.98. The zero-order chi connectivity index (χ0) is 28.3. The maximum atomic E-state index is 13.7. The number of rotatable bonds is 8. The topological polar surface area (TPSA) is 63.1 Å². The molecule has 6 rings (SSSR count). The second kappa shape index (κ2) is 11.9. The zero-order valence-corrected chi connectivity index (χ0v) is 24.3. The van der Waals surface area contributed by atoms with Crippen LogP contribution in [0.1, 0.15) is 30.9 Å². The van der Waals surface area contributed by atoms with Crippen molar-refractivity contribution in [3.8, 4) is 22.3 Å². The number of nitrogens with one attached hydrogen (secondary N) is 1. The molecule has 1 aliphatic rings. The summed E-state index contributed by atoms with van der Waals surface area (Å²) in [5.74, 6) is 0.456. The molecule has 0 radical (unpaired) electrons. The molecule has 5 aromatic rings. The minimum atomic E-state index is -0.127. The first-order chi connectivity index (χ1) is 20.0. The van der Waals surface area contributed by atoms with Crippen LogP contribution in [0.3, 0.4) is 0 Å². The number of aryl methyl sites for hydroxylation is 2. The molecule has 0 unspecified atom stereocenters. The average molecular weight is 564 g/mol. The number of fused-ring (bicyclic) bond motifs is 1. The number of likely N-dealkylation sites (tertiary alicyclic amines) is 1. The molecule has 7 heteroatoms. The summed E-state index contributed by atoms with van der Waals surface area (Å²) in [6.07, 6.45) is 5.45. The number of hydrogen-bond acceptors (Lipinski definition) is 5. The molecular formula is C34H34ClN5O. The van der Waals surface area contributed by atoms with Crippen LogP contribution in [-0.4, -0.2) is 39.1 Å². The Morgan fingerprint density at radius 3 is 2.44 bits per heavy atom. The molecule has 1 saturated heterocycles. The number of nitrogens with zero attached hydrogens (tertiary/aromatic N) is 4. The van der Waals surface area contributed by atoms with E-state index in [1.165, 1.54) is 37.1 Å². The van der Waals surface area contributed by atoms with Crippen LogP contribution in [0.15, 0.2) is 83.8 Å². The van der Waals surface area contributed by atoms with Crippen LogP contribution in [0.5, 0.6) is 0 Å². The van der Waals surface area contributed by atoms with Crippen LogP contribution >= 0.6 is 11.6 Å². The fourth-order valence-corrected chi connectivity index (χ4v) is 5.96. The van der Waals surface area contributed by atoms with E-state index in [1.54, 1.807) is 10.8 Å². The third kappa shape index (κ3) is 5.76. The highest BCUT2D eigenvalue weighted by Crippen LogP contribution is 2.33. The molecule has 0 aliphatic carbocycles. The number of hydrogen-bond donors (Lipinski definition) is 1. The van der Waals surface area contributed by atoms with E-state index < -0.39 is 0 Å². The molecule has 0 atom stereocenters. The van der Waals surface area contributed by atoms with Crippen molar-refractivity contribution < 1.29 is 0 Å². The Kier molecular flexibility index (Phi) is 7.86. The summed E-state index contributed by atoms with van der Waals surface area (Å²) in [4.78, 5) is 25.5. The van der Waals surface area contributed by atoms with Gasteiger partial charge in [-0.05, 0) is 92.7 Å². The van der Waals surface area contributed by atoms with E-state index in [0.717, 1.165) is 35.2 Å². The summed E-state index contributed by atoms with van der Waals surface area (Å²) in [7, 11) is 0. The van der Waals surface area contributed by atoms with Gasteiger partial charge in [-0.15, -0.1) is 0 Å². The smallest absolute Gasteiger partial charge is 0.260 e. The summed E-state index contributed by atoms with van der Waals surface area (Å²) in [6, 6.07) is 24.3. The number of pyridine rings is 1. The molecule has 41 heavy (non-hydrogen) atoms. The van der Waals surface area contributed by atoms with Crippen LogP contribution in [0.4, 0.5) is 11.6 Å². The van der Waals surface area contributed by atoms with Gasteiger partial charge >= 0.3 is 0 Å². The second-order valence-electron chi connectivity index (χ2n) is 10.7. The standard InChI is InChI=1S/C34H34ClN5O/c1-3-40-32-26(20-30(33(40)41)29-15-12-25(21-31(29)35)28-9-5-4-8-23(28)2)22-36-34(38-32)37-27-13-10-24(11-14-27)16-19-39-17-6-7-18-39/h4-5,8-15,20-22H,3,6-7,16-19H2,1-2H3,(H,36,37,38). The lowest BCUT2D eigenvalue weighted by Crippen LogP contribution is -2.22. The van der Waals surface area contributed by atoms with Crippen molar-refractivity contribution in [2.24, 2.45) is 0 Å². The van der Waals surface area contributed by atoms with Gasteiger partial charge in [0.2, 0.25) is 5.95 Å². The van der Waals surface area contributed by atoms with Gasteiger partial charge in [0.1, 0.15) is 5.65 Å². The van der Waals surface area contributed by atoms with Crippen LogP contribution < -0.4 is 10.9 Å². The maximum Gasteiger partial charge on any atom is 0.260 e. The molecule has 0 bridgehead atoms. The van der Waals surface area contributed by atoms with Crippen LogP contribution in [-0.2, 0) is 13.0 Å². The van der Waals surface area contributed by atoms with E-state index in [9.17, 15) is 4.79 Å². The maximum absolute atomic E-state index is 13.7. The Balaban J connectivity index is 1.26. The number of halogens is 1. The zero-order valence-electron chi connectivity index (χ0n) is 23.5. The molecule has 0 amide bonds. The van der Waals surface area contributed by atoms with Gasteiger partial charge in [-0.3, -0.25) is 9.36 Å². The molecule has 3 heterocycles. The Morgan fingerprint density at radius 2 is 1.71 bits per heavy atom. The molecule has 208 valence electrons. The van der Waals surface area contributed by atoms with Gasteiger partial charge in [0.25, 0.3) is 5.56 Å². The van der Waals surface area contributed by atoms with E-state index in [4.69, 9.17) is 16.6 Å². The van der Waals surface area contributed by atoms with Gasteiger partial charge < -0.3 is 10.2 Å². The largest absolute Gasteiger partial charge is 0.324 e. The van der Waals surface area contributed by atoms with Gasteiger partial charge in [0, 0.05) is 46.5 Å². The highest BCUT2D eigenvalue weighted by molar-refractivity contribution is 6.33. The first kappa shape index (κ1) is 27.2. The van der Waals surface area contributed by atoms with Crippen molar-refractivity contribution in [2.75, 3.05) is 25.0 Å². The van der Waals surface area contributed by atoms with Gasteiger partial charge in [-0.2, -0.15) is 4.98 Å². The lowest BCUT2D eigenvalue weighted by molar-refractivity contribution is 0.343. The summed E-state index contributed by atoms with van der Waals surface area (Å²) < 4.78 is 1.69. The van der Waals surface area contributed by atoms with Crippen molar-refractivity contribution in [2.45, 2.75) is 39.7 Å². The van der Waals surface area contributed by atoms with E-state index in [-0.39, 0.29) is 5.56 Å².